The number of hydrogen-bond donors (Lipinski definition) is 1. The third-order valence-corrected chi connectivity index (χ3v) is 2.07. The molecular weight excluding hydrogens is 158 g/mol. The summed E-state index contributed by atoms with van der Waals surface area (Å²) in [5, 5.41) is 0. The van der Waals surface area contributed by atoms with E-state index in [-0.39, 0.29) is 0 Å². The third kappa shape index (κ3) is 3.67. The lowest BCUT2D eigenvalue weighted by Gasteiger charge is -2.01. The molecule has 1 aromatic rings. The molecule has 0 unspecified atom stereocenters. The molecule has 1 aromatic heterocycles. The van der Waals surface area contributed by atoms with Gasteiger partial charge >= 0.3 is 0 Å². The van der Waals surface area contributed by atoms with Gasteiger partial charge in [-0.1, -0.05) is 27.7 Å². The highest BCUT2D eigenvalue weighted by Gasteiger charge is 2.03. The predicted octanol–water partition coefficient (Wildman–Crippen LogP) is 3.41. The quantitative estimate of drug-likeness (QED) is 0.729. The van der Waals surface area contributed by atoms with Gasteiger partial charge in [-0.3, -0.25) is 0 Å². The molecule has 0 amide bonds. The molecule has 0 radical (unpaired) electrons. The van der Waals surface area contributed by atoms with Gasteiger partial charge in [0.25, 0.3) is 0 Å². The van der Waals surface area contributed by atoms with E-state index in [4.69, 9.17) is 0 Å². The minimum atomic E-state index is 0.741. The second kappa shape index (κ2) is 4.50. The first-order valence-corrected chi connectivity index (χ1v) is 5.24. The number of H-pyrrole nitrogens is 1. The van der Waals surface area contributed by atoms with E-state index in [0.29, 0.717) is 0 Å². The van der Waals surface area contributed by atoms with Crippen molar-refractivity contribution < 1.29 is 0 Å². The lowest BCUT2D eigenvalue weighted by atomic mass is 10.0. The van der Waals surface area contributed by atoms with Crippen LogP contribution in [0, 0.1) is 11.8 Å². The van der Waals surface area contributed by atoms with Crippen molar-refractivity contribution in [2.45, 2.75) is 40.5 Å². The molecule has 1 nitrogen and oxygen atoms in total. The van der Waals surface area contributed by atoms with E-state index in [1.165, 1.54) is 17.7 Å². The van der Waals surface area contributed by atoms with Gasteiger partial charge in [0.15, 0.2) is 0 Å². The monoisotopic (exact) mass is 179 g/mol. The fourth-order valence-corrected chi connectivity index (χ4v) is 1.64. The first-order valence-electron chi connectivity index (χ1n) is 5.24. The second-order valence-electron chi connectivity index (χ2n) is 4.73. The first-order chi connectivity index (χ1) is 6.08. The Kier molecular flexibility index (Phi) is 3.58. The van der Waals surface area contributed by atoms with E-state index < -0.39 is 0 Å². The minimum Gasteiger partial charge on any atom is -0.365 e. The van der Waals surface area contributed by atoms with E-state index in [1.807, 2.05) is 0 Å². The smallest absolute Gasteiger partial charge is 0.0152 e. The lowest BCUT2D eigenvalue weighted by Crippen LogP contribution is -1.93. The van der Waals surface area contributed by atoms with Gasteiger partial charge in [0.1, 0.15) is 0 Å². The maximum Gasteiger partial charge on any atom is 0.0152 e. The van der Waals surface area contributed by atoms with E-state index in [9.17, 15) is 0 Å². The van der Waals surface area contributed by atoms with Crippen LogP contribution in [0.15, 0.2) is 12.3 Å². The van der Waals surface area contributed by atoms with Crippen molar-refractivity contribution in [2.24, 2.45) is 11.8 Å². The Labute approximate surface area is 81.6 Å². The van der Waals surface area contributed by atoms with Crippen molar-refractivity contribution in [2.75, 3.05) is 0 Å². The normalized spacial score (nSPS) is 11.5. The van der Waals surface area contributed by atoms with Crippen molar-refractivity contribution in [3.8, 4) is 0 Å². The number of aromatic amines is 1. The molecule has 13 heavy (non-hydrogen) atoms. The summed E-state index contributed by atoms with van der Waals surface area (Å²) < 4.78 is 0. The topological polar surface area (TPSA) is 15.8 Å². The van der Waals surface area contributed by atoms with Gasteiger partial charge in [0.05, 0.1) is 0 Å². The molecule has 1 rings (SSSR count). The zero-order valence-electron chi connectivity index (χ0n) is 9.22. The molecule has 0 aliphatic carbocycles. The van der Waals surface area contributed by atoms with E-state index in [2.05, 4.69) is 44.9 Å². The van der Waals surface area contributed by atoms with Gasteiger partial charge in [0.2, 0.25) is 0 Å². The minimum absolute atomic E-state index is 0.741. The van der Waals surface area contributed by atoms with Gasteiger partial charge < -0.3 is 4.98 Å². The van der Waals surface area contributed by atoms with Crippen LogP contribution in [0.25, 0.3) is 0 Å². The number of nitrogens with one attached hydrogen (secondary N) is 1. The highest BCUT2D eigenvalue weighted by molar-refractivity contribution is 5.17. The summed E-state index contributed by atoms with van der Waals surface area (Å²) in [5.74, 6) is 1.49. The Morgan fingerprint density at radius 2 is 1.69 bits per heavy atom. The fraction of sp³-hybridized carbons (Fsp3) is 0.667. The molecule has 0 fully saturated rings. The van der Waals surface area contributed by atoms with Crippen molar-refractivity contribution in [3.05, 3.63) is 23.5 Å². The largest absolute Gasteiger partial charge is 0.365 e. The second-order valence-corrected chi connectivity index (χ2v) is 4.73. The van der Waals surface area contributed by atoms with Crippen LogP contribution in [0.5, 0.6) is 0 Å². The van der Waals surface area contributed by atoms with Crippen molar-refractivity contribution in [1.82, 2.24) is 4.98 Å². The van der Waals surface area contributed by atoms with E-state index >= 15 is 0 Å². The Balaban J connectivity index is 2.53. The Bertz CT molecular complexity index is 221. The third-order valence-electron chi connectivity index (χ3n) is 2.07. The fourth-order valence-electron chi connectivity index (χ4n) is 1.64. The summed E-state index contributed by atoms with van der Waals surface area (Å²) in [7, 11) is 0. The zero-order valence-corrected chi connectivity index (χ0v) is 9.22. The van der Waals surface area contributed by atoms with Gasteiger partial charge in [-0.2, -0.15) is 0 Å². The van der Waals surface area contributed by atoms with Crippen LogP contribution in [-0.2, 0) is 12.8 Å². The average molecular weight is 179 g/mol. The van der Waals surface area contributed by atoms with Crippen LogP contribution in [0.1, 0.15) is 39.0 Å². The standard InChI is InChI=1S/C12H21N/c1-9(2)5-11-7-12(13-8-11)6-10(3)4/h7-10,13H,5-6H2,1-4H3. The van der Waals surface area contributed by atoms with Crippen LogP contribution in [0.3, 0.4) is 0 Å². The number of aromatic nitrogens is 1. The van der Waals surface area contributed by atoms with Gasteiger partial charge in [-0.25, -0.2) is 0 Å². The molecule has 0 atom stereocenters. The Hall–Kier alpha value is -0.720. The molecule has 0 saturated heterocycles. The molecule has 0 aliphatic heterocycles. The van der Waals surface area contributed by atoms with Crippen LogP contribution in [-0.4, -0.2) is 4.98 Å². The summed E-state index contributed by atoms with van der Waals surface area (Å²) in [4.78, 5) is 3.34. The molecule has 0 aromatic carbocycles. The molecule has 0 aliphatic rings. The molecule has 74 valence electrons. The number of rotatable bonds is 4. The predicted molar refractivity (Wildman–Crippen MR) is 57.9 cm³/mol. The van der Waals surface area contributed by atoms with Crippen molar-refractivity contribution in [1.29, 1.82) is 0 Å². The van der Waals surface area contributed by atoms with Gasteiger partial charge in [-0.05, 0) is 36.3 Å². The first kappa shape index (κ1) is 10.4. The van der Waals surface area contributed by atoms with Crippen LogP contribution in [0.4, 0.5) is 0 Å². The summed E-state index contributed by atoms with van der Waals surface area (Å²) in [5.41, 5.74) is 2.83. The maximum atomic E-state index is 3.34. The molecule has 1 heterocycles. The zero-order chi connectivity index (χ0) is 9.84. The summed E-state index contributed by atoms with van der Waals surface area (Å²) in [6.07, 6.45) is 4.50. The van der Waals surface area contributed by atoms with E-state index in [1.54, 1.807) is 0 Å². The van der Waals surface area contributed by atoms with Crippen LogP contribution in [0.2, 0.25) is 0 Å². The molecule has 0 saturated carbocycles. The average Bonchev–Trinajstić information content (AvgIpc) is 2.33. The van der Waals surface area contributed by atoms with Crippen LogP contribution >= 0.6 is 0 Å². The molecule has 1 heteroatoms. The Morgan fingerprint density at radius 1 is 1.08 bits per heavy atom. The maximum absolute atomic E-state index is 3.34. The molecule has 1 N–H and O–H groups in total. The molecular formula is C12H21N. The summed E-state index contributed by atoms with van der Waals surface area (Å²) in [6.45, 7) is 9.02. The molecule has 0 bridgehead atoms. The van der Waals surface area contributed by atoms with Gasteiger partial charge in [-0.15, -0.1) is 0 Å². The SMILES string of the molecule is CC(C)Cc1c[nH]c(CC(C)C)c1. The summed E-state index contributed by atoms with van der Waals surface area (Å²) in [6, 6.07) is 2.31. The van der Waals surface area contributed by atoms with Crippen LogP contribution < -0.4 is 0 Å². The van der Waals surface area contributed by atoms with Crippen molar-refractivity contribution >= 4 is 0 Å². The molecule has 0 spiro atoms. The highest BCUT2D eigenvalue weighted by atomic mass is 14.7. The highest BCUT2D eigenvalue weighted by Crippen LogP contribution is 2.12. The lowest BCUT2D eigenvalue weighted by molar-refractivity contribution is 0.636. The summed E-state index contributed by atoms with van der Waals surface area (Å²) >= 11 is 0. The van der Waals surface area contributed by atoms with E-state index in [0.717, 1.165) is 18.3 Å². The van der Waals surface area contributed by atoms with Gasteiger partial charge in [0, 0.05) is 11.9 Å². The Morgan fingerprint density at radius 3 is 2.23 bits per heavy atom. The number of hydrogen-bond acceptors (Lipinski definition) is 0. The van der Waals surface area contributed by atoms with Crippen molar-refractivity contribution in [3.63, 3.8) is 0 Å².